The number of nitrogens with zero attached hydrogens (tertiary/aromatic N) is 1. The van der Waals surface area contributed by atoms with Crippen molar-refractivity contribution >= 4 is 27.5 Å². The lowest BCUT2D eigenvalue weighted by molar-refractivity contribution is -0.121. The molecule has 1 rings (SSSR count). The third-order valence-electron chi connectivity index (χ3n) is 2.47. The number of halogens is 1. The summed E-state index contributed by atoms with van der Waals surface area (Å²) in [5, 5.41) is 14.8. The first-order chi connectivity index (χ1) is 9.08. The molecule has 1 unspecified atom stereocenters. The number of anilines is 1. The highest BCUT2D eigenvalue weighted by atomic mass is 79.9. The summed E-state index contributed by atoms with van der Waals surface area (Å²) in [6, 6.07) is 6.95. The fourth-order valence-electron chi connectivity index (χ4n) is 1.46. The minimum atomic E-state index is -0.426. The molecular weight excluding hydrogens is 310 g/mol. The number of nitrogens with one attached hydrogen (secondary N) is 2. The molecule has 1 aromatic carbocycles. The van der Waals surface area contributed by atoms with Crippen molar-refractivity contribution in [2.45, 2.75) is 13.0 Å². The van der Waals surface area contributed by atoms with Gasteiger partial charge in [-0.25, -0.2) is 0 Å². The minimum Gasteiger partial charge on any atom is -0.383 e. The average Bonchev–Trinajstić information content (AvgIpc) is 2.40. The molecule has 102 valence electrons. The molecular formula is C13H16BrN3O2. The Hall–Kier alpha value is -1.58. The van der Waals surface area contributed by atoms with Gasteiger partial charge < -0.3 is 15.4 Å². The Kier molecular flexibility index (Phi) is 6.33. The highest BCUT2D eigenvalue weighted by molar-refractivity contribution is 9.10. The van der Waals surface area contributed by atoms with Gasteiger partial charge in [-0.15, -0.1) is 0 Å². The number of carbonyl (C=O) groups excluding carboxylic acids is 1. The Balaban J connectivity index is 2.64. The zero-order valence-corrected chi connectivity index (χ0v) is 12.5. The second-order valence-electron chi connectivity index (χ2n) is 3.95. The quantitative estimate of drug-likeness (QED) is 0.783. The zero-order valence-electron chi connectivity index (χ0n) is 10.9. The second kappa shape index (κ2) is 7.77. The molecule has 2 N–H and O–H groups in total. The smallest absolute Gasteiger partial charge is 0.242 e. The minimum absolute atomic E-state index is 0.135. The zero-order chi connectivity index (χ0) is 14.3. The summed E-state index contributed by atoms with van der Waals surface area (Å²) < 4.78 is 5.68. The van der Waals surface area contributed by atoms with E-state index in [4.69, 9.17) is 10.00 Å². The molecule has 0 aliphatic carbocycles. The van der Waals surface area contributed by atoms with E-state index < -0.39 is 6.04 Å². The van der Waals surface area contributed by atoms with Crippen LogP contribution in [0.15, 0.2) is 22.7 Å². The average molecular weight is 326 g/mol. The maximum atomic E-state index is 11.8. The predicted molar refractivity (Wildman–Crippen MR) is 76.8 cm³/mol. The molecule has 0 bridgehead atoms. The number of amides is 1. The van der Waals surface area contributed by atoms with Gasteiger partial charge in [-0.05, 0) is 25.1 Å². The van der Waals surface area contributed by atoms with E-state index >= 15 is 0 Å². The normalized spacial score (nSPS) is 11.5. The van der Waals surface area contributed by atoms with Gasteiger partial charge in [0, 0.05) is 18.1 Å². The first-order valence-corrected chi connectivity index (χ1v) is 6.60. The number of hydrogen-bond donors (Lipinski definition) is 2. The fourth-order valence-corrected chi connectivity index (χ4v) is 1.82. The van der Waals surface area contributed by atoms with Crippen LogP contribution in [0, 0.1) is 11.3 Å². The number of nitriles is 1. The molecule has 1 amide bonds. The van der Waals surface area contributed by atoms with E-state index in [9.17, 15) is 4.79 Å². The molecule has 0 saturated carbocycles. The van der Waals surface area contributed by atoms with Crippen LogP contribution >= 0.6 is 15.9 Å². The fraction of sp³-hybridized carbons (Fsp3) is 0.385. The maximum Gasteiger partial charge on any atom is 0.242 e. The molecule has 19 heavy (non-hydrogen) atoms. The van der Waals surface area contributed by atoms with Crippen LogP contribution < -0.4 is 10.6 Å². The van der Waals surface area contributed by atoms with Crippen LogP contribution in [0.5, 0.6) is 0 Å². The number of ether oxygens (including phenoxy) is 1. The molecule has 0 radical (unpaired) electrons. The lowest BCUT2D eigenvalue weighted by Crippen LogP contribution is -2.39. The Morgan fingerprint density at radius 2 is 2.32 bits per heavy atom. The third-order valence-corrected chi connectivity index (χ3v) is 2.97. The van der Waals surface area contributed by atoms with Gasteiger partial charge in [-0.2, -0.15) is 5.26 Å². The second-order valence-corrected chi connectivity index (χ2v) is 4.87. The van der Waals surface area contributed by atoms with Crippen LogP contribution in [0.4, 0.5) is 5.69 Å². The maximum absolute atomic E-state index is 11.8. The topological polar surface area (TPSA) is 74.2 Å². The highest BCUT2D eigenvalue weighted by Crippen LogP contribution is 2.20. The first kappa shape index (κ1) is 15.5. The van der Waals surface area contributed by atoms with E-state index in [1.165, 1.54) is 0 Å². The van der Waals surface area contributed by atoms with Crippen molar-refractivity contribution < 1.29 is 9.53 Å². The van der Waals surface area contributed by atoms with E-state index in [0.29, 0.717) is 24.4 Å². The summed E-state index contributed by atoms with van der Waals surface area (Å²) >= 11 is 3.30. The number of benzene rings is 1. The van der Waals surface area contributed by atoms with Gasteiger partial charge in [0.1, 0.15) is 12.1 Å². The molecule has 1 atom stereocenters. The van der Waals surface area contributed by atoms with Crippen molar-refractivity contribution in [3.05, 3.63) is 28.2 Å². The summed E-state index contributed by atoms with van der Waals surface area (Å²) in [6.45, 7) is 2.68. The van der Waals surface area contributed by atoms with E-state index in [0.717, 1.165) is 4.47 Å². The highest BCUT2D eigenvalue weighted by Gasteiger charge is 2.13. The van der Waals surface area contributed by atoms with Crippen molar-refractivity contribution in [2.75, 3.05) is 25.6 Å². The number of hydrogen-bond acceptors (Lipinski definition) is 4. The summed E-state index contributed by atoms with van der Waals surface area (Å²) in [6.07, 6.45) is 0. The third kappa shape index (κ3) is 4.89. The van der Waals surface area contributed by atoms with Crippen molar-refractivity contribution in [1.82, 2.24) is 5.32 Å². The Morgan fingerprint density at radius 1 is 1.58 bits per heavy atom. The van der Waals surface area contributed by atoms with E-state index in [1.54, 1.807) is 26.2 Å². The Bertz CT molecular complexity index is 485. The molecule has 0 aliphatic rings. The SMILES string of the molecule is COCCNC(=O)C(C)Nc1ccc(Br)cc1C#N. The summed E-state index contributed by atoms with van der Waals surface area (Å²) in [5.74, 6) is -0.135. The van der Waals surface area contributed by atoms with Crippen LogP contribution in [0.3, 0.4) is 0 Å². The van der Waals surface area contributed by atoms with Gasteiger partial charge in [-0.3, -0.25) is 4.79 Å². The molecule has 0 saturated heterocycles. The standard InChI is InChI=1S/C13H16BrN3O2/c1-9(13(18)16-5-6-19-2)17-12-4-3-11(14)7-10(12)8-15/h3-4,7,9,17H,5-6H2,1-2H3,(H,16,18). The molecule has 0 aromatic heterocycles. The first-order valence-electron chi connectivity index (χ1n) is 5.81. The van der Waals surface area contributed by atoms with Crippen molar-refractivity contribution in [3.63, 3.8) is 0 Å². The van der Waals surface area contributed by atoms with Crippen LogP contribution in [-0.4, -0.2) is 32.2 Å². The van der Waals surface area contributed by atoms with Crippen LogP contribution in [0.2, 0.25) is 0 Å². The number of rotatable bonds is 6. The lowest BCUT2D eigenvalue weighted by Gasteiger charge is -2.16. The summed E-state index contributed by atoms with van der Waals surface area (Å²) in [5.41, 5.74) is 1.13. The number of methoxy groups -OCH3 is 1. The predicted octanol–water partition coefficient (Wildman–Crippen LogP) is 1.88. The van der Waals surface area contributed by atoms with Crippen LogP contribution in [-0.2, 0) is 9.53 Å². The molecule has 6 heteroatoms. The van der Waals surface area contributed by atoms with Crippen molar-refractivity contribution in [3.8, 4) is 6.07 Å². The molecule has 0 spiro atoms. The van der Waals surface area contributed by atoms with Gasteiger partial charge >= 0.3 is 0 Å². The van der Waals surface area contributed by atoms with Crippen molar-refractivity contribution in [2.24, 2.45) is 0 Å². The van der Waals surface area contributed by atoms with E-state index in [-0.39, 0.29) is 5.91 Å². The molecule has 0 fully saturated rings. The molecule has 0 aliphatic heterocycles. The molecule has 5 nitrogen and oxygen atoms in total. The summed E-state index contributed by atoms with van der Waals surface area (Å²) in [4.78, 5) is 11.8. The van der Waals surface area contributed by atoms with Gasteiger partial charge in [-0.1, -0.05) is 15.9 Å². The number of carbonyl (C=O) groups is 1. The summed E-state index contributed by atoms with van der Waals surface area (Å²) in [7, 11) is 1.58. The van der Waals surface area contributed by atoms with Crippen LogP contribution in [0.25, 0.3) is 0 Å². The van der Waals surface area contributed by atoms with E-state index in [2.05, 4.69) is 32.6 Å². The van der Waals surface area contributed by atoms with Crippen molar-refractivity contribution in [1.29, 1.82) is 5.26 Å². The lowest BCUT2D eigenvalue weighted by atomic mass is 10.1. The monoisotopic (exact) mass is 325 g/mol. The molecule has 1 aromatic rings. The van der Waals surface area contributed by atoms with Gasteiger partial charge in [0.2, 0.25) is 5.91 Å². The Labute approximate surface area is 121 Å². The largest absolute Gasteiger partial charge is 0.383 e. The Morgan fingerprint density at radius 3 is 2.95 bits per heavy atom. The molecule has 0 heterocycles. The van der Waals surface area contributed by atoms with Gasteiger partial charge in [0.25, 0.3) is 0 Å². The van der Waals surface area contributed by atoms with Crippen LogP contribution in [0.1, 0.15) is 12.5 Å². The van der Waals surface area contributed by atoms with Gasteiger partial charge in [0.05, 0.1) is 17.9 Å². The van der Waals surface area contributed by atoms with Gasteiger partial charge in [0.15, 0.2) is 0 Å². The van der Waals surface area contributed by atoms with E-state index in [1.807, 2.05) is 6.07 Å².